The van der Waals surface area contributed by atoms with Crippen LogP contribution in [0.4, 0.5) is 0 Å². The summed E-state index contributed by atoms with van der Waals surface area (Å²) in [5.74, 6) is 0.00852. The van der Waals surface area contributed by atoms with Gasteiger partial charge >= 0.3 is 0 Å². The van der Waals surface area contributed by atoms with Crippen LogP contribution in [-0.4, -0.2) is 16.3 Å². The molecule has 3 nitrogen and oxygen atoms in total. The molecule has 1 rings (SSSR count). The number of phenols is 1. The molecule has 1 aromatic rings. The van der Waals surface area contributed by atoms with E-state index in [1.165, 1.54) is 12.1 Å². The maximum Gasteiger partial charge on any atom is 0.121 e. The minimum absolute atomic E-state index is 0.00852. The van der Waals surface area contributed by atoms with Crippen molar-refractivity contribution < 1.29 is 10.2 Å². The lowest BCUT2D eigenvalue weighted by Gasteiger charge is -2.16. The van der Waals surface area contributed by atoms with Crippen molar-refractivity contribution in [1.29, 1.82) is 0 Å². The van der Waals surface area contributed by atoms with Gasteiger partial charge in [0.2, 0.25) is 0 Å². The third-order valence-electron chi connectivity index (χ3n) is 1.81. The zero-order chi connectivity index (χ0) is 10.0. The third kappa shape index (κ3) is 2.34. The van der Waals surface area contributed by atoms with E-state index in [9.17, 15) is 10.2 Å². The molecule has 4 heteroatoms. The molecule has 0 saturated heterocycles. The van der Waals surface area contributed by atoms with Gasteiger partial charge in [-0.2, -0.15) is 0 Å². The lowest BCUT2D eigenvalue weighted by molar-refractivity contribution is 0.150. The zero-order valence-electron chi connectivity index (χ0n) is 7.24. The van der Waals surface area contributed by atoms with Crippen LogP contribution >= 0.6 is 11.6 Å². The van der Waals surface area contributed by atoms with Gasteiger partial charge in [-0.1, -0.05) is 11.6 Å². The van der Waals surface area contributed by atoms with Gasteiger partial charge in [0, 0.05) is 16.6 Å². The Morgan fingerprint density at radius 1 is 1.46 bits per heavy atom. The second-order valence-electron chi connectivity index (χ2n) is 3.01. The Balaban J connectivity index is 3.05. The first-order chi connectivity index (χ1) is 6.02. The molecular weight excluding hydrogens is 190 g/mol. The van der Waals surface area contributed by atoms with Crippen molar-refractivity contribution in [2.24, 2.45) is 5.73 Å². The van der Waals surface area contributed by atoms with Crippen LogP contribution in [0.15, 0.2) is 18.2 Å². The molecule has 4 N–H and O–H groups in total. The predicted molar refractivity (Wildman–Crippen MR) is 51.7 cm³/mol. The molecule has 0 heterocycles. The SMILES string of the molecule is C[C@H](N)[C@H](O)c1cc(Cl)ccc1O. The molecular formula is C9H12ClNO2. The number of hydrogen-bond donors (Lipinski definition) is 3. The number of hydrogen-bond acceptors (Lipinski definition) is 3. The van der Waals surface area contributed by atoms with Crippen molar-refractivity contribution in [1.82, 2.24) is 0 Å². The number of aromatic hydroxyl groups is 1. The number of aliphatic hydroxyl groups is 1. The van der Waals surface area contributed by atoms with E-state index < -0.39 is 12.1 Å². The van der Waals surface area contributed by atoms with Gasteiger partial charge < -0.3 is 15.9 Å². The number of nitrogens with two attached hydrogens (primary N) is 1. The van der Waals surface area contributed by atoms with Crippen LogP contribution in [0, 0.1) is 0 Å². The topological polar surface area (TPSA) is 66.5 Å². The maximum absolute atomic E-state index is 9.56. The van der Waals surface area contributed by atoms with Crippen molar-refractivity contribution in [3.63, 3.8) is 0 Å². The van der Waals surface area contributed by atoms with Gasteiger partial charge in [-0.3, -0.25) is 0 Å². The minimum atomic E-state index is -0.890. The van der Waals surface area contributed by atoms with E-state index in [1.807, 2.05) is 0 Å². The Hall–Kier alpha value is -0.770. The molecule has 72 valence electrons. The summed E-state index contributed by atoms with van der Waals surface area (Å²) in [7, 11) is 0. The summed E-state index contributed by atoms with van der Waals surface area (Å²) in [5, 5.41) is 19.4. The standard InChI is InChI=1S/C9H12ClNO2/c1-5(11)9(13)7-4-6(10)2-3-8(7)12/h2-5,9,12-13H,11H2,1H3/t5-,9-/m0/s1. The van der Waals surface area contributed by atoms with Crippen LogP contribution in [0.1, 0.15) is 18.6 Å². The molecule has 0 fully saturated rings. The highest BCUT2D eigenvalue weighted by Crippen LogP contribution is 2.28. The Labute approximate surface area is 81.8 Å². The van der Waals surface area contributed by atoms with Crippen molar-refractivity contribution in [2.45, 2.75) is 19.1 Å². The number of aliphatic hydroxyl groups excluding tert-OH is 1. The third-order valence-corrected chi connectivity index (χ3v) is 2.04. The van der Waals surface area contributed by atoms with Gasteiger partial charge in [0.05, 0.1) is 6.10 Å². The summed E-state index contributed by atoms with van der Waals surface area (Å²) in [6, 6.07) is 4.05. The minimum Gasteiger partial charge on any atom is -0.508 e. The molecule has 0 aliphatic carbocycles. The highest BCUT2D eigenvalue weighted by molar-refractivity contribution is 6.30. The normalized spacial score (nSPS) is 15.4. The Kier molecular flexibility index (Phi) is 3.14. The summed E-state index contributed by atoms with van der Waals surface area (Å²) < 4.78 is 0. The number of halogens is 1. The van der Waals surface area contributed by atoms with E-state index in [2.05, 4.69) is 0 Å². The van der Waals surface area contributed by atoms with Gasteiger partial charge in [0.25, 0.3) is 0 Å². The Morgan fingerprint density at radius 2 is 2.08 bits per heavy atom. The summed E-state index contributed by atoms with van der Waals surface area (Å²) in [5.41, 5.74) is 5.85. The highest BCUT2D eigenvalue weighted by Gasteiger charge is 2.16. The molecule has 0 amide bonds. The van der Waals surface area contributed by atoms with Gasteiger partial charge in [-0.25, -0.2) is 0 Å². The van der Waals surface area contributed by atoms with E-state index in [1.54, 1.807) is 13.0 Å². The average molecular weight is 202 g/mol. The van der Waals surface area contributed by atoms with Crippen LogP contribution in [0.5, 0.6) is 5.75 Å². The van der Waals surface area contributed by atoms with E-state index in [4.69, 9.17) is 17.3 Å². The van der Waals surface area contributed by atoms with E-state index in [0.29, 0.717) is 10.6 Å². The molecule has 0 spiro atoms. The first-order valence-corrected chi connectivity index (χ1v) is 4.32. The van der Waals surface area contributed by atoms with Gasteiger partial charge in [0.15, 0.2) is 0 Å². The molecule has 0 aliphatic rings. The predicted octanol–water partition coefficient (Wildman–Crippen LogP) is 1.43. The maximum atomic E-state index is 9.56. The molecule has 0 aliphatic heterocycles. The largest absolute Gasteiger partial charge is 0.508 e. The quantitative estimate of drug-likeness (QED) is 0.678. The van der Waals surface area contributed by atoms with Gasteiger partial charge in [-0.05, 0) is 25.1 Å². The summed E-state index contributed by atoms with van der Waals surface area (Å²) in [6.07, 6.45) is -0.890. The number of phenolic OH excluding ortho intramolecular Hbond substituents is 1. The second-order valence-corrected chi connectivity index (χ2v) is 3.44. The van der Waals surface area contributed by atoms with Crippen molar-refractivity contribution in [2.75, 3.05) is 0 Å². The summed E-state index contributed by atoms with van der Waals surface area (Å²) in [6.45, 7) is 1.66. The second kappa shape index (κ2) is 3.96. The van der Waals surface area contributed by atoms with Crippen LogP contribution in [0.2, 0.25) is 5.02 Å². The van der Waals surface area contributed by atoms with Crippen LogP contribution in [0.25, 0.3) is 0 Å². The van der Waals surface area contributed by atoms with Crippen molar-refractivity contribution in [3.05, 3.63) is 28.8 Å². The molecule has 2 atom stereocenters. The molecule has 0 bridgehead atoms. The Bertz CT molecular complexity index is 302. The fourth-order valence-corrected chi connectivity index (χ4v) is 1.23. The van der Waals surface area contributed by atoms with Crippen molar-refractivity contribution >= 4 is 11.6 Å². The monoisotopic (exact) mass is 201 g/mol. The van der Waals surface area contributed by atoms with Crippen LogP contribution in [-0.2, 0) is 0 Å². The zero-order valence-corrected chi connectivity index (χ0v) is 7.99. The van der Waals surface area contributed by atoms with Crippen LogP contribution in [0.3, 0.4) is 0 Å². The molecule has 0 aromatic heterocycles. The lowest BCUT2D eigenvalue weighted by Crippen LogP contribution is -2.24. The molecule has 0 radical (unpaired) electrons. The van der Waals surface area contributed by atoms with E-state index in [0.717, 1.165) is 0 Å². The van der Waals surface area contributed by atoms with Crippen LogP contribution < -0.4 is 5.73 Å². The van der Waals surface area contributed by atoms with Gasteiger partial charge in [0.1, 0.15) is 5.75 Å². The molecule has 1 aromatic carbocycles. The van der Waals surface area contributed by atoms with Crippen molar-refractivity contribution in [3.8, 4) is 5.75 Å². The summed E-state index contributed by atoms with van der Waals surface area (Å²) in [4.78, 5) is 0. The van der Waals surface area contributed by atoms with E-state index in [-0.39, 0.29) is 5.75 Å². The average Bonchev–Trinajstić information content (AvgIpc) is 2.08. The summed E-state index contributed by atoms with van der Waals surface area (Å²) >= 11 is 5.70. The highest BCUT2D eigenvalue weighted by atomic mass is 35.5. The lowest BCUT2D eigenvalue weighted by atomic mass is 10.0. The fourth-order valence-electron chi connectivity index (χ4n) is 1.05. The Morgan fingerprint density at radius 3 is 2.62 bits per heavy atom. The smallest absolute Gasteiger partial charge is 0.121 e. The first kappa shape index (κ1) is 10.3. The molecule has 0 unspecified atom stereocenters. The van der Waals surface area contributed by atoms with E-state index >= 15 is 0 Å². The number of benzene rings is 1. The number of rotatable bonds is 2. The van der Waals surface area contributed by atoms with Gasteiger partial charge in [-0.15, -0.1) is 0 Å². The molecule has 13 heavy (non-hydrogen) atoms. The molecule has 0 saturated carbocycles. The fraction of sp³-hybridized carbons (Fsp3) is 0.333. The first-order valence-electron chi connectivity index (χ1n) is 3.94.